The predicted molar refractivity (Wildman–Crippen MR) is 87.8 cm³/mol. The lowest BCUT2D eigenvalue weighted by atomic mass is 10.1. The maximum absolute atomic E-state index is 12.4. The molecule has 22 heavy (non-hydrogen) atoms. The Morgan fingerprint density at radius 2 is 2.14 bits per heavy atom. The Morgan fingerprint density at radius 3 is 2.73 bits per heavy atom. The first-order valence-corrected chi connectivity index (χ1v) is 8.59. The number of aromatic nitrogens is 2. The average molecular weight is 318 g/mol. The third-order valence-corrected chi connectivity index (χ3v) is 5.06. The summed E-state index contributed by atoms with van der Waals surface area (Å²) in [6.45, 7) is 5.75. The van der Waals surface area contributed by atoms with Crippen LogP contribution in [0.1, 0.15) is 24.1 Å². The van der Waals surface area contributed by atoms with Crippen LogP contribution in [0.25, 0.3) is 0 Å². The van der Waals surface area contributed by atoms with Crippen molar-refractivity contribution in [2.24, 2.45) is 7.05 Å². The van der Waals surface area contributed by atoms with Crippen molar-refractivity contribution in [3.05, 3.63) is 40.3 Å². The second-order valence-corrected chi connectivity index (χ2v) is 6.63. The van der Waals surface area contributed by atoms with Gasteiger partial charge in [0.1, 0.15) is 0 Å². The van der Waals surface area contributed by atoms with Gasteiger partial charge in [-0.15, -0.1) is 0 Å². The number of aryl methyl sites for hydroxylation is 1. The van der Waals surface area contributed by atoms with Gasteiger partial charge >= 0.3 is 0 Å². The second kappa shape index (κ2) is 6.62. The largest absolute Gasteiger partial charge is 0.340 e. The van der Waals surface area contributed by atoms with E-state index in [4.69, 9.17) is 0 Å². The van der Waals surface area contributed by atoms with Crippen LogP contribution in [-0.2, 0) is 18.3 Å². The molecule has 5 nitrogen and oxygen atoms in total. The van der Waals surface area contributed by atoms with Crippen molar-refractivity contribution in [1.29, 1.82) is 0 Å². The molecule has 0 aliphatic carbocycles. The zero-order chi connectivity index (χ0) is 15.5. The molecule has 0 saturated carbocycles. The van der Waals surface area contributed by atoms with Gasteiger partial charge in [-0.2, -0.15) is 16.4 Å². The fourth-order valence-corrected chi connectivity index (χ4v) is 3.68. The zero-order valence-corrected chi connectivity index (χ0v) is 13.9. The van der Waals surface area contributed by atoms with E-state index >= 15 is 0 Å². The van der Waals surface area contributed by atoms with E-state index in [0.717, 1.165) is 31.7 Å². The number of piperazine rings is 1. The summed E-state index contributed by atoms with van der Waals surface area (Å²) in [5, 5.41) is 8.45. The fourth-order valence-electron chi connectivity index (χ4n) is 2.93. The Kier molecular flexibility index (Phi) is 4.59. The van der Waals surface area contributed by atoms with Gasteiger partial charge in [0.15, 0.2) is 0 Å². The molecule has 0 N–H and O–H groups in total. The molecular weight excluding hydrogens is 296 g/mol. The van der Waals surface area contributed by atoms with Crippen LogP contribution in [0.4, 0.5) is 0 Å². The fraction of sp³-hybridized carbons (Fsp3) is 0.500. The predicted octanol–water partition coefficient (Wildman–Crippen LogP) is 1.93. The highest BCUT2D eigenvalue weighted by molar-refractivity contribution is 7.07. The van der Waals surface area contributed by atoms with Crippen molar-refractivity contribution in [3.8, 4) is 0 Å². The summed E-state index contributed by atoms with van der Waals surface area (Å²) in [6, 6.07) is 2.62. The summed E-state index contributed by atoms with van der Waals surface area (Å²) in [4.78, 5) is 16.8. The van der Waals surface area contributed by atoms with Gasteiger partial charge in [-0.25, -0.2) is 0 Å². The summed E-state index contributed by atoms with van der Waals surface area (Å²) in [5.41, 5.74) is 2.36. The number of nitrogens with zero attached hydrogens (tertiary/aromatic N) is 4. The summed E-state index contributed by atoms with van der Waals surface area (Å²) in [6.07, 6.45) is 4.13. The Morgan fingerprint density at radius 1 is 1.36 bits per heavy atom. The summed E-state index contributed by atoms with van der Waals surface area (Å²) >= 11 is 1.74. The average Bonchev–Trinajstić information content (AvgIpc) is 3.18. The number of rotatable bonds is 4. The van der Waals surface area contributed by atoms with Crippen LogP contribution in [0.3, 0.4) is 0 Å². The molecular formula is C16H22N4OS. The molecule has 0 bridgehead atoms. The van der Waals surface area contributed by atoms with Crippen molar-refractivity contribution in [1.82, 2.24) is 19.6 Å². The van der Waals surface area contributed by atoms with Gasteiger partial charge < -0.3 is 4.90 Å². The van der Waals surface area contributed by atoms with Gasteiger partial charge in [0.25, 0.3) is 0 Å². The molecule has 3 heterocycles. The maximum atomic E-state index is 12.4. The topological polar surface area (TPSA) is 41.4 Å². The SMILES string of the molecule is C[C@H](c1ccsc1)N1CCN(C(=O)Cc2cnn(C)c2)CC1. The van der Waals surface area contributed by atoms with Crippen LogP contribution < -0.4 is 0 Å². The van der Waals surface area contributed by atoms with E-state index in [1.54, 1.807) is 22.2 Å². The molecule has 1 aliphatic rings. The van der Waals surface area contributed by atoms with Crippen molar-refractivity contribution < 1.29 is 4.79 Å². The van der Waals surface area contributed by atoms with Crippen LogP contribution in [0, 0.1) is 0 Å². The number of hydrogen-bond donors (Lipinski definition) is 0. The van der Waals surface area contributed by atoms with Gasteiger partial charge in [0.05, 0.1) is 12.6 Å². The van der Waals surface area contributed by atoms with Crippen LogP contribution in [0.15, 0.2) is 29.2 Å². The number of thiophene rings is 1. The van der Waals surface area contributed by atoms with Crippen LogP contribution in [-0.4, -0.2) is 51.7 Å². The molecule has 0 unspecified atom stereocenters. The van der Waals surface area contributed by atoms with Crippen molar-refractivity contribution >= 4 is 17.2 Å². The van der Waals surface area contributed by atoms with E-state index in [1.165, 1.54) is 5.56 Å². The molecule has 2 aromatic rings. The standard InChI is InChI=1S/C16H22N4OS/c1-13(15-3-8-22-12-15)19-4-6-20(7-5-19)16(21)9-14-10-17-18(2)11-14/h3,8,10-13H,4-7,9H2,1-2H3/t13-/m1/s1. The number of amides is 1. The van der Waals surface area contributed by atoms with Crippen LogP contribution in [0.2, 0.25) is 0 Å². The number of carbonyl (C=O) groups is 1. The minimum Gasteiger partial charge on any atom is -0.340 e. The van der Waals surface area contributed by atoms with Crippen molar-refractivity contribution in [2.45, 2.75) is 19.4 Å². The quantitative estimate of drug-likeness (QED) is 0.865. The Bertz CT molecular complexity index is 614. The van der Waals surface area contributed by atoms with E-state index in [1.807, 2.05) is 18.1 Å². The second-order valence-electron chi connectivity index (χ2n) is 5.85. The first-order chi connectivity index (χ1) is 10.6. The lowest BCUT2D eigenvalue weighted by Gasteiger charge is -2.38. The summed E-state index contributed by atoms with van der Waals surface area (Å²) in [5.74, 6) is 0.204. The number of carbonyl (C=O) groups excluding carboxylic acids is 1. The first kappa shape index (κ1) is 15.2. The van der Waals surface area contributed by atoms with Gasteiger partial charge in [-0.05, 0) is 34.9 Å². The molecule has 2 aromatic heterocycles. The van der Waals surface area contributed by atoms with Crippen LogP contribution in [0.5, 0.6) is 0 Å². The highest BCUT2D eigenvalue weighted by atomic mass is 32.1. The minimum absolute atomic E-state index is 0.204. The smallest absolute Gasteiger partial charge is 0.227 e. The number of hydrogen-bond acceptors (Lipinski definition) is 4. The Balaban J connectivity index is 1.52. The molecule has 1 amide bonds. The zero-order valence-electron chi connectivity index (χ0n) is 13.1. The van der Waals surface area contributed by atoms with Gasteiger partial charge in [-0.3, -0.25) is 14.4 Å². The maximum Gasteiger partial charge on any atom is 0.227 e. The van der Waals surface area contributed by atoms with E-state index in [-0.39, 0.29) is 5.91 Å². The summed E-state index contributed by atoms with van der Waals surface area (Å²) < 4.78 is 1.74. The van der Waals surface area contributed by atoms with Crippen LogP contribution >= 0.6 is 11.3 Å². The third kappa shape index (κ3) is 3.39. The molecule has 1 fully saturated rings. The highest BCUT2D eigenvalue weighted by Gasteiger charge is 2.25. The molecule has 118 valence electrons. The third-order valence-electron chi connectivity index (χ3n) is 4.35. The molecule has 3 rings (SSSR count). The molecule has 1 aliphatic heterocycles. The van der Waals surface area contributed by atoms with Crippen molar-refractivity contribution in [2.75, 3.05) is 26.2 Å². The first-order valence-electron chi connectivity index (χ1n) is 7.65. The molecule has 0 spiro atoms. The molecule has 0 aromatic carbocycles. The summed E-state index contributed by atoms with van der Waals surface area (Å²) in [7, 11) is 1.87. The molecule has 6 heteroatoms. The van der Waals surface area contributed by atoms with Gasteiger partial charge in [0, 0.05) is 45.5 Å². The van der Waals surface area contributed by atoms with E-state index in [0.29, 0.717) is 12.5 Å². The molecule has 1 saturated heterocycles. The van der Waals surface area contributed by atoms with E-state index in [2.05, 4.69) is 33.7 Å². The van der Waals surface area contributed by atoms with Gasteiger partial charge in [-0.1, -0.05) is 0 Å². The lowest BCUT2D eigenvalue weighted by Crippen LogP contribution is -2.49. The van der Waals surface area contributed by atoms with Crippen molar-refractivity contribution in [3.63, 3.8) is 0 Å². The minimum atomic E-state index is 0.204. The van der Waals surface area contributed by atoms with E-state index in [9.17, 15) is 4.79 Å². The monoisotopic (exact) mass is 318 g/mol. The normalized spacial score (nSPS) is 17.6. The van der Waals surface area contributed by atoms with Gasteiger partial charge in [0.2, 0.25) is 5.91 Å². The lowest BCUT2D eigenvalue weighted by molar-refractivity contribution is -0.132. The molecule has 1 atom stereocenters. The Labute approximate surface area is 135 Å². The Hall–Kier alpha value is -1.66. The molecule has 0 radical (unpaired) electrons. The van der Waals surface area contributed by atoms with E-state index < -0.39 is 0 Å². The highest BCUT2D eigenvalue weighted by Crippen LogP contribution is 2.23.